The number of hydrogen-bond acceptors (Lipinski definition) is 4. The summed E-state index contributed by atoms with van der Waals surface area (Å²) in [6.07, 6.45) is 9.36. The summed E-state index contributed by atoms with van der Waals surface area (Å²) in [7, 11) is 1.63. The first-order valence-corrected chi connectivity index (χ1v) is 12.7. The Morgan fingerprint density at radius 2 is 1.97 bits per heavy atom. The number of aryl methyl sites for hydroxylation is 1. The Labute approximate surface area is 215 Å². The average molecular weight is 529 g/mol. The van der Waals surface area contributed by atoms with E-state index in [2.05, 4.69) is 89.4 Å². The van der Waals surface area contributed by atoms with E-state index in [-0.39, 0.29) is 6.04 Å². The number of nitrogens with zero attached hydrogens (tertiary/aromatic N) is 1. The van der Waals surface area contributed by atoms with Gasteiger partial charge in [0.15, 0.2) is 11.5 Å². The standard InChI is InChI=1S/C30H29BrN2O2/c1-4-14-35-30-26(31)16-20(17-28(30)34-3)18-32-22-11-9-21(10-12-22)29-24-7-5-6-23(24)25-15-19(2)8-13-27(25)33-29/h4-6,8-13,15-18,23-24,29,33H,1,7,14H2,2-3H3/t23-,24-,29-/m0/s1. The van der Waals surface area contributed by atoms with E-state index in [9.17, 15) is 0 Å². The van der Waals surface area contributed by atoms with Gasteiger partial charge in [0.2, 0.25) is 0 Å². The van der Waals surface area contributed by atoms with E-state index in [0.717, 1.165) is 22.1 Å². The molecule has 0 amide bonds. The van der Waals surface area contributed by atoms with E-state index in [0.29, 0.717) is 29.9 Å². The van der Waals surface area contributed by atoms with Crippen LogP contribution in [0.5, 0.6) is 11.5 Å². The summed E-state index contributed by atoms with van der Waals surface area (Å²) < 4.78 is 12.0. The quantitative estimate of drug-likeness (QED) is 0.250. The number of hydrogen-bond donors (Lipinski definition) is 1. The number of allylic oxidation sites excluding steroid dienone is 2. The van der Waals surface area contributed by atoms with E-state index >= 15 is 0 Å². The van der Waals surface area contributed by atoms with Crippen LogP contribution >= 0.6 is 15.9 Å². The zero-order valence-corrected chi connectivity index (χ0v) is 21.6. The smallest absolute Gasteiger partial charge is 0.175 e. The van der Waals surface area contributed by atoms with Crippen molar-refractivity contribution in [1.29, 1.82) is 0 Å². The molecule has 0 fully saturated rings. The third-order valence-electron chi connectivity index (χ3n) is 6.73. The van der Waals surface area contributed by atoms with Gasteiger partial charge in [-0.15, -0.1) is 0 Å². The van der Waals surface area contributed by atoms with Crippen LogP contribution < -0.4 is 14.8 Å². The molecule has 178 valence electrons. The molecule has 35 heavy (non-hydrogen) atoms. The number of aliphatic imine (C=N–C) groups is 1. The van der Waals surface area contributed by atoms with Crippen molar-refractivity contribution in [3.8, 4) is 11.5 Å². The van der Waals surface area contributed by atoms with Crippen LogP contribution in [0.1, 0.15) is 40.6 Å². The van der Waals surface area contributed by atoms with Gasteiger partial charge in [-0.05, 0) is 82.2 Å². The number of rotatable bonds is 7. The van der Waals surface area contributed by atoms with Crippen LogP contribution in [0.25, 0.3) is 0 Å². The van der Waals surface area contributed by atoms with Crippen LogP contribution in [0.2, 0.25) is 0 Å². The van der Waals surface area contributed by atoms with E-state index < -0.39 is 0 Å². The van der Waals surface area contributed by atoms with Crippen LogP contribution in [0, 0.1) is 12.8 Å². The maximum Gasteiger partial charge on any atom is 0.175 e. The molecule has 3 aromatic rings. The summed E-state index contributed by atoms with van der Waals surface area (Å²) in [5.74, 6) is 2.31. The molecule has 0 spiro atoms. The summed E-state index contributed by atoms with van der Waals surface area (Å²) >= 11 is 3.57. The Bertz CT molecular complexity index is 1300. The molecule has 0 saturated carbocycles. The lowest BCUT2D eigenvalue weighted by Gasteiger charge is -2.37. The normalized spacial score (nSPS) is 20.3. The van der Waals surface area contributed by atoms with Gasteiger partial charge >= 0.3 is 0 Å². The molecule has 5 rings (SSSR count). The van der Waals surface area contributed by atoms with Crippen molar-refractivity contribution in [1.82, 2.24) is 0 Å². The van der Waals surface area contributed by atoms with Crippen molar-refractivity contribution >= 4 is 33.5 Å². The fourth-order valence-electron chi connectivity index (χ4n) is 5.06. The van der Waals surface area contributed by atoms with Gasteiger partial charge in [-0.25, -0.2) is 0 Å². The van der Waals surface area contributed by atoms with Crippen molar-refractivity contribution in [2.24, 2.45) is 10.9 Å². The lowest BCUT2D eigenvalue weighted by atomic mass is 9.76. The third kappa shape index (κ3) is 4.78. The number of fused-ring (bicyclic) bond motifs is 3. The minimum atomic E-state index is 0.284. The summed E-state index contributed by atoms with van der Waals surface area (Å²) in [5, 5.41) is 3.81. The largest absolute Gasteiger partial charge is 0.493 e. The second-order valence-corrected chi connectivity index (χ2v) is 9.90. The molecule has 0 aromatic heterocycles. The molecule has 0 radical (unpaired) electrons. The van der Waals surface area contributed by atoms with Crippen molar-refractivity contribution in [2.75, 3.05) is 19.0 Å². The molecule has 0 saturated heterocycles. The Hall–Kier alpha value is -3.31. The number of benzene rings is 3. The molecule has 3 aromatic carbocycles. The van der Waals surface area contributed by atoms with Crippen molar-refractivity contribution in [2.45, 2.75) is 25.3 Å². The van der Waals surface area contributed by atoms with Gasteiger partial charge in [0, 0.05) is 17.8 Å². The highest BCUT2D eigenvalue weighted by atomic mass is 79.9. The summed E-state index contributed by atoms with van der Waals surface area (Å²) in [6.45, 7) is 6.27. The van der Waals surface area contributed by atoms with Crippen LogP contribution in [-0.2, 0) is 0 Å². The fraction of sp³-hybridized carbons (Fsp3) is 0.233. The fourth-order valence-corrected chi connectivity index (χ4v) is 5.63. The van der Waals surface area contributed by atoms with Crippen molar-refractivity contribution < 1.29 is 9.47 Å². The number of ether oxygens (including phenoxy) is 2. The SMILES string of the molecule is C=CCOc1c(Br)cc(C=Nc2ccc([C@@H]3Nc4ccc(C)cc4[C@H]4C=CC[C@@H]43)cc2)cc1OC. The first-order valence-electron chi connectivity index (χ1n) is 11.9. The molecule has 2 aliphatic rings. The first-order chi connectivity index (χ1) is 17.1. The highest BCUT2D eigenvalue weighted by Crippen LogP contribution is 2.50. The van der Waals surface area contributed by atoms with Crippen LogP contribution in [0.15, 0.2) is 88.9 Å². The minimum absolute atomic E-state index is 0.284. The highest BCUT2D eigenvalue weighted by Gasteiger charge is 2.37. The van der Waals surface area contributed by atoms with Crippen LogP contribution in [-0.4, -0.2) is 19.9 Å². The van der Waals surface area contributed by atoms with E-state index in [1.54, 1.807) is 13.2 Å². The van der Waals surface area contributed by atoms with Crippen molar-refractivity contribution in [3.05, 3.63) is 106 Å². The van der Waals surface area contributed by atoms with Gasteiger partial charge in [0.05, 0.1) is 23.3 Å². The Morgan fingerprint density at radius 1 is 1.14 bits per heavy atom. The zero-order chi connectivity index (χ0) is 24.4. The van der Waals surface area contributed by atoms with Crippen LogP contribution in [0.4, 0.5) is 11.4 Å². The lowest BCUT2D eigenvalue weighted by Crippen LogP contribution is -2.29. The molecule has 1 aliphatic heterocycles. The minimum Gasteiger partial charge on any atom is -0.493 e. The molecule has 0 unspecified atom stereocenters. The molecule has 1 heterocycles. The topological polar surface area (TPSA) is 42.8 Å². The molecule has 1 aliphatic carbocycles. The molecule has 4 nitrogen and oxygen atoms in total. The predicted octanol–water partition coefficient (Wildman–Crippen LogP) is 7.91. The Balaban J connectivity index is 1.35. The highest BCUT2D eigenvalue weighted by molar-refractivity contribution is 9.10. The zero-order valence-electron chi connectivity index (χ0n) is 20.0. The molecular formula is C30H29BrN2O2. The maximum atomic E-state index is 5.71. The second kappa shape index (κ2) is 10.1. The van der Waals surface area contributed by atoms with E-state index in [1.807, 2.05) is 18.3 Å². The van der Waals surface area contributed by atoms with Gasteiger partial charge in [-0.3, -0.25) is 4.99 Å². The Morgan fingerprint density at radius 3 is 2.74 bits per heavy atom. The van der Waals surface area contributed by atoms with Crippen molar-refractivity contribution in [3.63, 3.8) is 0 Å². The monoisotopic (exact) mass is 528 g/mol. The van der Waals surface area contributed by atoms with Gasteiger partial charge in [-0.1, -0.05) is 54.6 Å². The van der Waals surface area contributed by atoms with Crippen LogP contribution in [0.3, 0.4) is 0 Å². The average Bonchev–Trinajstić information content (AvgIpc) is 3.37. The third-order valence-corrected chi connectivity index (χ3v) is 7.32. The first kappa shape index (κ1) is 23.4. The lowest BCUT2D eigenvalue weighted by molar-refractivity contribution is 0.324. The van der Waals surface area contributed by atoms with E-state index in [1.165, 1.54) is 22.4 Å². The Kier molecular flexibility index (Phi) is 6.78. The number of methoxy groups -OCH3 is 1. The van der Waals surface area contributed by atoms with Gasteiger partial charge < -0.3 is 14.8 Å². The number of anilines is 1. The van der Waals surface area contributed by atoms with Gasteiger partial charge in [0.25, 0.3) is 0 Å². The summed E-state index contributed by atoms with van der Waals surface area (Å²) in [5.41, 5.74) is 7.10. The van der Waals surface area contributed by atoms with Gasteiger partial charge in [0.1, 0.15) is 6.61 Å². The molecule has 1 N–H and O–H groups in total. The van der Waals surface area contributed by atoms with E-state index in [4.69, 9.17) is 14.5 Å². The predicted molar refractivity (Wildman–Crippen MR) is 148 cm³/mol. The molecular weight excluding hydrogens is 500 g/mol. The molecule has 5 heteroatoms. The number of nitrogens with one attached hydrogen (secondary N) is 1. The molecule has 3 atom stereocenters. The molecule has 0 bridgehead atoms. The second-order valence-electron chi connectivity index (χ2n) is 9.05. The number of halogens is 1. The summed E-state index contributed by atoms with van der Waals surface area (Å²) in [4.78, 5) is 4.69. The maximum absolute atomic E-state index is 5.71. The van der Waals surface area contributed by atoms with Gasteiger partial charge in [-0.2, -0.15) is 0 Å². The summed E-state index contributed by atoms with van der Waals surface area (Å²) in [6, 6.07) is 19.5.